The van der Waals surface area contributed by atoms with Crippen molar-refractivity contribution in [2.75, 3.05) is 19.5 Å². The van der Waals surface area contributed by atoms with Gasteiger partial charge in [0.05, 0.1) is 29.8 Å². The summed E-state index contributed by atoms with van der Waals surface area (Å²) in [5.41, 5.74) is 1.22. The molecule has 1 amide bonds. The van der Waals surface area contributed by atoms with Crippen LogP contribution in [0.2, 0.25) is 0 Å². The number of benzene rings is 1. The van der Waals surface area contributed by atoms with Gasteiger partial charge in [0.2, 0.25) is 0 Å². The van der Waals surface area contributed by atoms with Crippen molar-refractivity contribution in [3.8, 4) is 0 Å². The fourth-order valence-corrected chi connectivity index (χ4v) is 3.88. The van der Waals surface area contributed by atoms with E-state index >= 15 is 0 Å². The lowest BCUT2D eigenvalue weighted by Gasteiger charge is -2.27. The van der Waals surface area contributed by atoms with E-state index in [0.717, 1.165) is 11.1 Å². The molecule has 1 aliphatic heterocycles. The first-order valence-electron chi connectivity index (χ1n) is 7.89. The summed E-state index contributed by atoms with van der Waals surface area (Å²) in [5, 5.41) is 0. The van der Waals surface area contributed by atoms with Crippen LogP contribution in [0.5, 0.6) is 0 Å². The van der Waals surface area contributed by atoms with Crippen molar-refractivity contribution in [3.63, 3.8) is 0 Å². The van der Waals surface area contributed by atoms with Crippen LogP contribution >= 0.6 is 0 Å². The maximum absolute atomic E-state index is 12.3. The van der Waals surface area contributed by atoms with Crippen LogP contribution < -0.4 is 0 Å². The van der Waals surface area contributed by atoms with E-state index in [1.54, 1.807) is 23.1 Å². The molecule has 0 fully saturated rings. The standard InChI is InChI=1S/C17H25NO5S/c1-12-15-7-6-14(24(20,21)9-8-22-5)10-13(15)11-18(12)16(19)23-17(2,3)4/h6-7,10,12H,8-9,11H2,1-5H3. The summed E-state index contributed by atoms with van der Waals surface area (Å²) in [7, 11) is -1.92. The zero-order valence-electron chi connectivity index (χ0n) is 14.8. The van der Waals surface area contributed by atoms with Gasteiger partial charge < -0.3 is 9.47 Å². The fraction of sp³-hybridized carbons (Fsp3) is 0.588. The first-order valence-corrected chi connectivity index (χ1v) is 9.54. The number of carbonyl (C=O) groups is 1. The van der Waals surface area contributed by atoms with Gasteiger partial charge in [-0.15, -0.1) is 0 Å². The lowest BCUT2D eigenvalue weighted by molar-refractivity contribution is 0.0187. The highest BCUT2D eigenvalue weighted by atomic mass is 32.2. The van der Waals surface area contributed by atoms with Crippen LogP contribution in [0, 0.1) is 0 Å². The second-order valence-corrected chi connectivity index (χ2v) is 9.07. The number of sulfone groups is 1. The van der Waals surface area contributed by atoms with E-state index in [4.69, 9.17) is 9.47 Å². The monoisotopic (exact) mass is 355 g/mol. The highest BCUT2D eigenvalue weighted by Gasteiger charge is 2.34. The first kappa shape index (κ1) is 18.7. The maximum atomic E-state index is 12.3. The molecule has 1 unspecified atom stereocenters. The van der Waals surface area contributed by atoms with Crippen LogP contribution in [0.1, 0.15) is 44.9 Å². The molecule has 24 heavy (non-hydrogen) atoms. The van der Waals surface area contributed by atoms with Crippen molar-refractivity contribution >= 4 is 15.9 Å². The van der Waals surface area contributed by atoms with Crippen molar-refractivity contribution in [2.45, 2.75) is 50.8 Å². The van der Waals surface area contributed by atoms with Gasteiger partial charge in [0, 0.05) is 7.11 Å². The third-order valence-corrected chi connectivity index (χ3v) is 5.59. The van der Waals surface area contributed by atoms with Gasteiger partial charge in [0.1, 0.15) is 5.60 Å². The Kier molecular flexibility index (Phi) is 5.25. The van der Waals surface area contributed by atoms with E-state index in [9.17, 15) is 13.2 Å². The Morgan fingerprint density at radius 1 is 1.33 bits per heavy atom. The molecule has 6 nitrogen and oxygen atoms in total. The maximum Gasteiger partial charge on any atom is 0.411 e. The zero-order chi connectivity index (χ0) is 18.1. The third-order valence-electron chi connectivity index (χ3n) is 3.92. The van der Waals surface area contributed by atoms with Crippen LogP contribution in [0.15, 0.2) is 23.1 Å². The molecule has 1 atom stereocenters. The van der Waals surface area contributed by atoms with Gasteiger partial charge in [-0.05, 0) is 51.0 Å². The topological polar surface area (TPSA) is 72.9 Å². The van der Waals surface area contributed by atoms with Crippen molar-refractivity contribution in [2.24, 2.45) is 0 Å². The minimum absolute atomic E-state index is 0.0619. The van der Waals surface area contributed by atoms with Gasteiger partial charge >= 0.3 is 6.09 Å². The number of amides is 1. The second kappa shape index (κ2) is 6.72. The number of nitrogens with zero attached hydrogens (tertiary/aromatic N) is 1. The average molecular weight is 355 g/mol. The van der Waals surface area contributed by atoms with Crippen molar-refractivity contribution < 1.29 is 22.7 Å². The Morgan fingerprint density at radius 2 is 2.00 bits per heavy atom. The van der Waals surface area contributed by atoms with Crippen LogP contribution in [0.25, 0.3) is 0 Å². The summed E-state index contributed by atoms with van der Waals surface area (Å²) in [5.74, 6) is -0.0619. The van der Waals surface area contributed by atoms with Crippen LogP contribution in [-0.4, -0.2) is 44.5 Å². The Labute approximate surface area is 143 Å². The molecule has 0 saturated carbocycles. The Bertz CT molecular complexity index is 721. The molecule has 1 aromatic carbocycles. The van der Waals surface area contributed by atoms with E-state index in [1.165, 1.54) is 7.11 Å². The molecule has 0 aromatic heterocycles. The number of rotatable bonds is 4. The Hall–Kier alpha value is -1.60. The third kappa shape index (κ3) is 4.08. The molecule has 1 aliphatic rings. The predicted octanol–water partition coefficient (Wildman–Crippen LogP) is 2.92. The molecule has 7 heteroatoms. The van der Waals surface area contributed by atoms with Crippen molar-refractivity contribution in [1.82, 2.24) is 4.90 Å². The molecule has 134 valence electrons. The van der Waals surface area contributed by atoms with Crippen molar-refractivity contribution in [3.05, 3.63) is 29.3 Å². The lowest BCUT2D eigenvalue weighted by atomic mass is 10.1. The molecule has 1 heterocycles. The molecule has 0 spiro atoms. The first-order chi connectivity index (χ1) is 11.0. The summed E-state index contributed by atoms with van der Waals surface area (Å²) < 4.78 is 34.9. The van der Waals surface area contributed by atoms with E-state index in [-0.39, 0.29) is 23.3 Å². The number of hydrogen-bond donors (Lipinski definition) is 0. The van der Waals surface area contributed by atoms with E-state index < -0.39 is 21.5 Å². The molecule has 2 rings (SSSR count). The quantitative estimate of drug-likeness (QED) is 0.830. The molecule has 0 radical (unpaired) electrons. The summed E-state index contributed by atoms with van der Waals surface area (Å²) in [6.07, 6.45) is -0.394. The molecule has 0 aliphatic carbocycles. The minimum atomic E-state index is -3.39. The van der Waals surface area contributed by atoms with Gasteiger partial charge in [-0.2, -0.15) is 0 Å². The number of carbonyl (C=O) groups excluding carboxylic acids is 1. The molecule has 1 aromatic rings. The highest BCUT2D eigenvalue weighted by molar-refractivity contribution is 7.91. The normalized spacial score (nSPS) is 17.7. The molecular formula is C17H25NO5S. The Balaban J connectivity index is 2.23. The summed E-state index contributed by atoms with van der Waals surface area (Å²) in [4.78, 5) is 14.2. The lowest BCUT2D eigenvalue weighted by Crippen LogP contribution is -2.34. The SMILES string of the molecule is COCCS(=O)(=O)c1ccc2c(c1)CN(C(=O)OC(C)(C)C)C2C. The number of fused-ring (bicyclic) bond motifs is 1. The predicted molar refractivity (Wildman–Crippen MR) is 90.6 cm³/mol. The Morgan fingerprint density at radius 3 is 2.58 bits per heavy atom. The van der Waals surface area contributed by atoms with Crippen molar-refractivity contribution in [1.29, 1.82) is 0 Å². The smallest absolute Gasteiger partial charge is 0.411 e. The van der Waals surface area contributed by atoms with Crippen LogP contribution in [0.3, 0.4) is 0 Å². The minimum Gasteiger partial charge on any atom is -0.444 e. The number of ether oxygens (including phenoxy) is 2. The van der Waals surface area contributed by atoms with Gasteiger partial charge in [-0.1, -0.05) is 6.07 Å². The van der Waals surface area contributed by atoms with Gasteiger partial charge in [-0.3, -0.25) is 4.90 Å². The zero-order valence-corrected chi connectivity index (χ0v) is 15.6. The van der Waals surface area contributed by atoms with Gasteiger partial charge in [0.25, 0.3) is 0 Å². The van der Waals surface area contributed by atoms with Gasteiger partial charge in [-0.25, -0.2) is 13.2 Å². The number of hydrogen-bond acceptors (Lipinski definition) is 5. The average Bonchev–Trinajstić information content (AvgIpc) is 2.80. The summed E-state index contributed by atoms with van der Waals surface area (Å²) in [6.45, 7) is 7.87. The number of methoxy groups -OCH3 is 1. The van der Waals surface area contributed by atoms with E-state index in [2.05, 4.69) is 0 Å². The molecular weight excluding hydrogens is 330 g/mol. The van der Waals surface area contributed by atoms with Gasteiger partial charge in [0.15, 0.2) is 9.84 Å². The second-order valence-electron chi connectivity index (χ2n) is 6.96. The van der Waals surface area contributed by atoms with E-state index in [0.29, 0.717) is 6.54 Å². The summed E-state index contributed by atoms with van der Waals surface area (Å²) >= 11 is 0. The van der Waals surface area contributed by atoms with E-state index in [1.807, 2.05) is 27.7 Å². The summed E-state index contributed by atoms with van der Waals surface area (Å²) in [6, 6.07) is 4.88. The molecule has 0 saturated heterocycles. The fourth-order valence-electron chi connectivity index (χ4n) is 2.66. The highest BCUT2D eigenvalue weighted by Crippen LogP contribution is 2.35. The molecule has 0 N–H and O–H groups in total. The molecule has 0 bridgehead atoms. The van der Waals surface area contributed by atoms with Crippen LogP contribution in [0.4, 0.5) is 4.79 Å². The largest absolute Gasteiger partial charge is 0.444 e. The van der Waals surface area contributed by atoms with Crippen LogP contribution in [-0.2, 0) is 25.9 Å².